The van der Waals surface area contributed by atoms with Crippen molar-refractivity contribution < 1.29 is 18.3 Å². The van der Waals surface area contributed by atoms with Gasteiger partial charge in [-0.15, -0.1) is 11.3 Å². The summed E-state index contributed by atoms with van der Waals surface area (Å²) in [5, 5.41) is 10.9. The first-order chi connectivity index (χ1) is 9.37. The van der Waals surface area contributed by atoms with Crippen LogP contribution in [0.2, 0.25) is 0 Å². The SMILES string of the molecule is C[C@@H](O)CNS(=O)(=O)CC1CN(C(=O)c2cccs2)C1. The maximum absolute atomic E-state index is 12.0. The second-order valence-electron chi connectivity index (χ2n) is 5.03. The number of amides is 1. The Bertz CT molecular complexity index is 548. The Morgan fingerprint density at radius 1 is 1.60 bits per heavy atom. The third kappa shape index (κ3) is 4.02. The Kier molecular flexibility index (Phi) is 4.79. The van der Waals surface area contributed by atoms with Crippen LogP contribution >= 0.6 is 11.3 Å². The Morgan fingerprint density at radius 2 is 2.30 bits per heavy atom. The number of aliphatic hydroxyl groups is 1. The molecule has 112 valence electrons. The van der Waals surface area contributed by atoms with Crippen LogP contribution in [0.25, 0.3) is 0 Å². The average Bonchev–Trinajstić information content (AvgIpc) is 2.84. The fraction of sp³-hybridized carbons (Fsp3) is 0.583. The van der Waals surface area contributed by atoms with Gasteiger partial charge in [0.05, 0.1) is 16.7 Å². The number of carbonyl (C=O) groups is 1. The summed E-state index contributed by atoms with van der Waals surface area (Å²) in [6, 6.07) is 3.58. The molecule has 0 unspecified atom stereocenters. The highest BCUT2D eigenvalue weighted by atomic mass is 32.2. The molecule has 2 rings (SSSR count). The van der Waals surface area contributed by atoms with Gasteiger partial charge in [0.15, 0.2) is 0 Å². The highest BCUT2D eigenvalue weighted by Gasteiger charge is 2.34. The predicted molar refractivity (Wildman–Crippen MR) is 77.2 cm³/mol. The summed E-state index contributed by atoms with van der Waals surface area (Å²) in [4.78, 5) is 14.3. The number of sulfonamides is 1. The highest BCUT2D eigenvalue weighted by Crippen LogP contribution is 2.21. The van der Waals surface area contributed by atoms with Crippen LogP contribution in [0.5, 0.6) is 0 Å². The summed E-state index contributed by atoms with van der Waals surface area (Å²) < 4.78 is 25.8. The molecule has 8 heteroatoms. The molecule has 0 aliphatic carbocycles. The summed E-state index contributed by atoms with van der Waals surface area (Å²) in [6.07, 6.45) is -0.705. The molecule has 1 aliphatic heterocycles. The van der Waals surface area contributed by atoms with Gasteiger partial charge in [-0.2, -0.15) is 0 Å². The number of hydrogen-bond donors (Lipinski definition) is 2. The van der Waals surface area contributed by atoms with Gasteiger partial charge in [-0.3, -0.25) is 4.79 Å². The van der Waals surface area contributed by atoms with Gasteiger partial charge in [-0.1, -0.05) is 6.07 Å². The molecular weight excluding hydrogens is 300 g/mol. The topological polar surface area (TPSA) is 86.7 Å². The van der Waals surface area contributed by atoms with E-state index in [2.05, 4.69) is 4.72 Å². The van der Waals surface area contributed by atoms with E-state index in [1.807, 2.05) is 11.4 Å². The molecule has 0 saturated carbocycles. The smallest absolute Gasteiger partial charge is 0.263 e. The Hall–Kier alpha value is -0.960. The molecule has 1 aliphatic rings. The Balaban J connectivity index is 1.78. The Labute approximate surface area is 122 Å². The summed E-state index contributed by atoms with van der Waals surface area (Å²) >= 11 is 1.38. The molecule has 1 amide bonds. The van der Waals surface area contributed by atoms with Gasteiger partial charge < -0.3 is 10.0 Å². The van der Waals surface area contributed by atoms with Crippen LogP contribution in [0, 0.1) is 5.92 Å². The van der Waals surface area contributed by atoms with Crippen LogP contribution in [0.15, 0.2) is 17.5 Å². The van der Waals surface area contributed by atoms with E-state index in [0.29, 0.717) is 18.0 Å². The van der Waals surface area contributed by atoms with Crippen molar-refractivity contribution >= 4 is 27.3 Å². The van der Waals surface area contributed by atoms with Crippen molar-refractivity contribution in [3.63, 3.8) is 0 Å². The molecular formula is C12H18N2O4S2. The molecule has 2 N–H and O–H groups in total. The highest BCUT2D eigenvalue weighted by molar-refractivity contribution is 7.89. The van der Waals surface area contributed by atoms with Crippen LogP contribution < -0.4 is 4.72 Å². The minimum Gasteiger partial charge on any atom is -0.392 e. The van der Waals surface area contributed by atoms with Crippen LogP contribution in [0.1, 0.15) is 16.6 Å². The van der Waals surface area contributed by atoms with E-state index in [1.54, 1.807) is 11.0 Å². The zero-order valence-electron chi connectivity index (χ0n) is 11.2. The summed E-state index contributed by atoms with van der Waals surface area (Å²) in [7, 11) is -3.39. The number of nitrogens with zero attached hydrogens (tertiary/aromatic N) is 1. The van der Waals surface area contributed by atoms with E-state index < -0.39 is 16.1 Å². The lowest BCUT2D eigenvalue weighted by Gasteiger charge is -2.38. The predicted octanol–water partition coefficient (Wildman–Crippen LogP) is 0.120. The van der Waals surface area contributed by atoms with E-state index in [0.717, 1.165) is 0 Å². The molecule has 1 aromatic heterocycles. The Morgan fingerprint density at radius 3 is 2.85 bits per heavy atom. The molecule has 0 bridgehead atoms. The number of thiophene rings is 1. The van der Waals surface area contributed by atoms with E-state index in [-0.39, 0.29) is 24.1 Å². The van der Waals surface area contributed by atoms with Gasteiger partial charge in [0.2, 0.25) is 10.0 Å². The minimum absolute atomic E-state index is 0.00601. The van der Waals surface area contributed by atoms with Gasteiger partial charge in [0.25, 0.3) is 5.91 Å². The van der Waals surface area contributed by atoms with E-state index in [1.165, 1.54) is 18.3 Å². The number of rotatable bonds is 6. The van der Waals surface area contributed by atoms with Gasteiger partial charge in [-0.05, 0) is 18.4 Å². The second-order valence-corrected chi connectivity index (χ2v) is 7.83. The third-order valence-corrected chi connectivity index (χ3v) is 5.40. The maximum atomic E-state index is 12.0. The van der Waals surface area contributed by atoms with E-state index in [4.69, 9.17) is 5.11 Å². The lowest BCUT2D eigenvalue weighted by atomic mass is 10.0. The lowest BCUT2D eigenvalue weighted by Crippen LogP contribution is -2.53. The van der Waals surface area contributed by atoms with Gasteiger partial charge in [-0.25, -0.2) is 13.1 Å². The summed E-state index contributed by atoms with van der Waals surface area (Å²) in [5.41, 5.74) is 0. The summed E-state index contributed by atoms with van der Waals surface area (Å²) in [6.45, 7) is 2.47. The molecule has 1 atom stereocenters. The second kappa shape index (κ2) is 6.21. The van der Waals surface area contributed by atoms with Crippen molar-refractivity contribution in [2.45, 2.75) is 13.0 Å². The number of hydrogen-bond acceptors (Lipinski definition) is 5. The van der Waals surface area contributed by atoms with Gasteiger partial charge in [0.1, 0.15) is 0 Å². The fourth-order valence-corrected chi connectivity index (χ4v) is 4.15. The number of nitrogens with one attached hydrogen (secondary N) is 1. The zero-order chi connectivity index (χ0) is 14.8. The van der Waals surface area contributed by atoms with E-state index in [9.17, 15) is 13.2 Å². The van der Waals surface area contributed by atoms with Crippen LogP contribution in [-0.2, 0) is 10.0 Å². The van der Waals surface area contributed by atoms with Crippen molar-refractivity contribution in [3.8, 4) is 0 Å². The standard InChI is InChI=1S/C12H18N2O4S2/c1-9(15)5-13-20(17,18)8-10-6-14(7-10)12(16)11-3-2-4-19-11/h2-4,9-10,13,15H,5-8H2,1H3/t9-/m1/s1. The molecule has 6 nitrogen and oxygen atoms in total. The molecule has 0 spiro atoms. The molecule has 0 aromatic carbocycles. The van der Waals surface area contributed by atoms with Gasteiger partial charge in [0, 0.05) is 25.6 Å². The molecule has 1 saturated heterocycles. The molecule has 2 heterocycles. The number of aliphatic hydroxyl groups excluding tert-OH is 1. The first-order valence-electron chi connectivity index (χ1n) is 6.35. The van der Waals surface area contributed by atoms with Crippen molar-refractivity contribution in [1.29, 1.82) is 0 Å². The van der Waals surface area contributed by atoms with Crippen LogP contribution in [-0.4, -0.2) is 55.8 Å². The van der Waals surface area contributed by atoms with Crippen molar-refractivity contribution in [3.05, 3.63) is 22.4 Å². The molecule has 1 fully saturated rings. The minimum atomic E-state index is -3.39. The molecule has 20 heavy (non-hydrogen) atoms. The third-order valence-electron chi connectivity index (χ3n) is 3.03. The number of likely N-dealkylation sites (tertiary alicyclic amines) is 1. The molecule has 1 aromatic rings. The van der Waals surface area contributed by atoms with Gasteiger partial charge >= 0.3 is 0 Å². The first-order valence-corrected chi connectivity index (χ1v) is 8.89. The first kappa shape index (κ1) is 15.4. The van der Waals surface area contributed by atoms with Crippen LogP contribution in [0.3, 0.4) is 0 Å². The molecule has 0 radical (unpaired) electrons. The largest absolute Gasteiger partial charge is 0.392 e. The monoisotopic (exact) mass is 318 g/mol. The van der Waals surface area contributed by atoms with Crippen molar-refractivity contribution in [2.24, 2.45) is 5.92 Å². The summed E-state index contributed by atoms with van der Waals surface area (Å²) in [5.74, 6) is -0.0792. The maximum Gasteiger partial charge on any atom is 0.263 e. The quantitative estimate of drug-likeness (QED) is 0.780. The fourth-order valence-electron chi connectivity index (χ4n) is 2.01. The van der Waals surface area contributed by atoms with Crippen molar-refractivity contribution in [1.82, 2.24) is 9.62 Å². The lowest BCUT2D eigenvalue weighted by molar-refractivity contribution is 0.0539. The van der Waals surface area contributed by atoms with Crippen molar-refractivity contribution in [2.75, 3.05) is 25.4 Å². The normalized spacial score (nSPS) is 17.8. The number of carbonyl (C=O) groups excluding carboxylic acids is 1. The average molecular weight is 318 g/mol. The zero-order valence-corrected chi connectivity index (χ0v) is 12.8. The van der Waals surface area contributed by atoms with Crippen LogP contribution in [0.4, 0.5) is 0 Å². The van der Waals surface area contributed by atoms with E-state index >= 15 is 0 Å².